The van der Waals surface area contributed by atoms with Crippen molar-refractivity contribution in [1.29, 1.82) is 5.41 Å². The number of carboxylic acid groups (broad SMARTS) is 1. The van der Waals surface area contributed by atoms with E-state index in [0.717, 1.165) is 0 Å². The third-order valence-corrected chi connectivity index (χ3v) is 5.90. The number of carbonyl (C=O) groups excluding carboxylic acids is 3. The van der Waals surface area contributed by atoms with E-state index >= 15 is 0 Å². The van der Waals surface area contributed by atoms with Gasteiger partial charge in [-0.2, -0.15) is 0 Å². The van der Waals surface area contributed by atoms with Gasteiger partial charge in [-0.3, -0.25) is 19.8 Å². The number of anilines is 2. The number of ether oxygens (including phenoxy) is 1. The number of nitrogens with zero attached hydrogens (tertiary/aromatic N) is 1. The number of hydrogen-bond donors (Lipinski definition) is 5. The lowest BCUT2D eigenvalue weighted by atomic mass is 10.00. The zero-order valence-electron chi connectivity index (χ0n) is 18.3. The molecule has 11 heteroatoms. The Labute approximate surface area is 194 Å². The molecule has 0 aromatic heterocycles. The van der Waals surface area contributed by atoms with Gasteiger partial charge >= 0.3 is 5.97 Å². The molecule has 2 atom stereocenters. The molecule has 0 aliphatic carbocycles. The standard InChI is InChI=1S/C23H23N5O6/c1-23(22(33)28-10-2-3-16(28)20(30)31)21(32)27-15-11-14(8-9-17(15)34-23)26-19(29)13-6-4-12(5-7-13)18(24)25/h4-9,11,16H,2-3,10H2,1H3,(H3,24,25)(H,26,29)(H,27,32)(H,30,31)/t16-,23+/m0/s1. The largest absolute Gasteiger partial charge is 0.480 e. The summed E-state index contributed by atoms with van der Waals surface area (Å²) in [4.78, 5) is 51.1. The monoisotopic (exact) mass is 465 g/mol. The van der Waals surface area contributed by atoms with Crippen LogP contribution in [0.4, 0.5) is 11.4 Å². The van der Waals surface area contributed by atoms with Crippen LogP contribution in [-0.2, 0) is 14.4 Å². The van der Waals surface area contributed by atoms with Crippen LogP contribution in [0, 0.1) is 5.41 Å². The van der Waals surface area contributed by atoms with E-state index in [1.165, 1.54) is 36.1 Å². The van der Waals surface area contributed by atoms with E-state index in [-0.39, 0.29) is 23.8 Å². The fourth-order valence-electron chi connectivity index (χ4n) is 3.99. The number of rotatable bonds is 5. The zero-order chi connectivity index (χ0) is 24.6. The van der Waals surface area contributed by atoms with Gasteiger partial charge in [0.15, 0.2) is 0 Å². The fourth-order valence-corrected chi connectivity index (χ4v) is 3.99. The van der Waals surface area contributed by atoms with Crippen molar-refractivity contribution in [1.82, 2.24) is 4.90 Å². The molecule has 0 bridgehead atoms. The molecule has 6 N–H and O–H groups in total. The van der Waals surface area contributed by atoms with Crippen LogP contribution in [0.15, 0.2) is 42.5 Å². The molecule has 0 saturated carbocycles. The summed E-state index contributed by atoms with van der Waals surface area (Å²) in [6.45, 7) is 1.54. The lowest BCUT2D eigenvalue weighted by Gasteiger charge is -2.37. The third-order valence-electron chi connectivity index (χ3n) is 5.90. The van der Waals surface area contributed by atoms with Gasteiger partial charge in [0, 0.05) is 23.4 Å². The molecular formula is C23H23N5O6. The smallest absolute Gasteiger partial charge is 0.326 e. The van der Waals surface area contributed by atoms with Crippen LogP contribution in [0.3, 0.4) is 0 Å². The maximum absolute atomic E-state index is 13.1. The normalized spacial score (nSPS) is 21.1. The number of likely N-dealkylation sites (tertiary alicyclic amines) is 1. The number of nitrogens with two attached hydrogens (primary N) is 1. The molecule has 0 spiro atoms. The van der Waals surface area contributed by atoms with Crippen molar-refractivity contribution in [2.24, 2.45) is 5.73 Å². The highest BCUT2D eigenvalue weighted by Crippen LogP contribution is 2.37. The molecule has 1 fully saturated rings. The van der Waals surface area contributed by atoms with E-state index in [4.69, 9.17) is 15.9 Å². The van der Waals surface area contributed by atoms with Crippen LogP contribution in [0.25, 0.3) is 0 Å². The molecule has 34 heavy (non-hydrogen) atoms. The van der Waals surface area contributed by atoms with Gasteiger partial charge in [-0.05, 0) is 50.1 Å². The minimum absolute atomic E-state index is 0.105. The summed E-state index contributed by atoms with van der Waals surface area (Å²) < 4.78 is 5.77. The first-order chi connectivity index (χ1) is 16.1. The molecule has 3 amide bonds. The highest BCUT2D eigenvalue weighted by atomic mass is 16.5. The van der Waals surface area contributed by atoms with Gasteiger partial charge in [-0.25, -0.2) is 4.79 Å². The Morgan fingerprint density at radius 2 is 1.88 bits per heavy atom. The van der Waals surface area contributed by atoms with E-state index in [1.807, 2.05) is 0 Å². The second-order valence-corrected chi connectivity index (χ2v) is 8.24. The van der Waals surface area contributed by atoms with Crippen molar-refractivity contribution in [2.45, 2.75) is 31.4 Å². The van der Waals surface area contributed by atoms with E-state index in [9.17, 15) is 24.3 Å². The maximum Gasteiger partial charge on any atom is 0.326 e. The van der Waals surface area contributed by atoms with Crippen LogP contribution in [0.5, 0.6) is 5.75 Å². The molecule has 2 aromatic carbocycles. The van der Waals surface area contributed by atoms with E-state index in [1.54, 1.807) is 18.2 Å². The third kappa shape index (κ3) is 4.03. The minimum Gasteiger partial charge on any atom is -0.480 e. The Kier molecular flexibility index (Phi) is 5.70. The Bertz CT molecular complexity index is 1210. The molecule has 4 rings (SSSR count). The highest BCUT2D eigenvalue weighted by molar-refractivity contribution is 6.16. The first-order valence-corrected chi connectivity index (χ1v) is 10.5. The van der Waals surface area contributed by atoms with Crippen molar-refractivity contribution in [3.63, 3.8) is 0 Å². The van der Waals surface area contributed by atoms with E-state index < -0.39 is 35.3 Å². The summed E-state index contributed by atoms with van der Waals surface area (Å²) in [6.07, 6.45) is 0.841. The topological polar surface area (TPSA) is 175 Å². The quantitative estimate of drug-likeness (QED) is 0.252. The van der Waals surface area contributed by atoms with Gasteiger partial charge in [-0.15, -0.1) is 0 Å². The van der Waals surface area contributed by atoms with Crippen molar-refractivity contribution in [3.8, 4) is 5.75 Å². The molecule has 2 heterocycles. The summed E-state index contributed by atoms with van der Waals surface area (Å²) in [5, 5.41) is 22.1. The molecular weight excluding hydrogens is 442 g/mol. The van der Waals surface area contributed by atoms with Gasteiger partial charge < -0.3 is 31.1 Å². The number of fused-ring (bicyclic) bond motifs is 1. The number of nitrogens with one attached hydrogen (secondary N) is 3. The predicted octanol–water partition coefficient (Wildman–Crippen LogP) is 1.39. The minimum atomic E-state index is -1.92. The predicted molar refractivity (Wildman–Crippen MR) is 122 cm³/mol. The van der Waals surface area contributed by atoms with Gasteiger partial charge in [0.2, 0.25) is 0 Å². The Balaban J connectivity index is 1.51. The number of amidine groups is 1. The molecule has 0 unspecified atom stereocenters. The Morgan fingerprint density at radius 1 is 1.21 bits per heavy atom. The van der Waals surface area contributed by atoms with Crippen molar-refractivity contribution in [3.05, 3.63) is 53.6 Å². The van der Waals surface area contributed by atoms with Gasteiger partial charge in [0.25, 0.3) is 23.3 Å². The molecule has 1 saturated heterocycles. The van der Waals surface area contributed by atoms with E-state index in [0.29, 0.717) is 29.7 Å². The number of hydrogen-bond acceptors (Lipinski definition) is 6. The van der Waals surface area contributed by atoms with Crippen LogP contribution in [-0.4, -0.2) is 57.7 Å². The maximum atomic E-state index is 13.1. The Morgan fingerprint density at radius 3 is 2.53 bits per heavy atom. The van der Waals surface area contributed by atoms with Gasteiger partial charge in [0.05, 0.1) is 5.69 Å². The molecule has 2 aromatic rings. The fraction of sp³-hybridized carbons (Fsp3) is 0.261. The molecule has 2 aliphatic rings. The van der Waals surface area contributed by atoms with Crippen LogP contribution in [0.2, 0.25) is 0 Å². The number of amides is 3. The summed E-state index contributed by atoms with van der Waals surface area (Å²) in [5.41, 5.74) is 4.97. The highest BCUT2D eigenvalue weighted by Gasteiger charge is 2.52. The molecule has 0 radical (unpaired) electrons. The summed E-state index contributed by atoms with van der Waals surface area (Å²) in [6, 6.07) is 9.76. The van der Waals surface area contributed by atoms with Crippen LogP contribution in [0.1, 0.15) is 35.7 Å². The molecule has 11 nitrogen and oxygen atoms in total. The first kappa shape index (κ1) is 22.8. The second-order valence-electron chi connectivity index (χ2n) is 8.24. The van der Waals surface area contributed by atoms with E-state index in [2.05, 4.69) is 10.6 Å². The zero-order valence-corrected chi connectivity index (χ0v) is 18.3. The number of nitrogen functional groups attached to an aromatic ring is 1. The summed E-state index contributed by atoms with van der Waals surface area (Å²) in [5.74, 6) is -2.87. The molecule has 176 valence electrons. The summed E-state index contributed by atoms with van der Waals surface area (Å²) in [7, 11) is 0. The Hall–Kier alpha value is -4.41. The van der Waals surface area contributed by atoms with Crippen molar-refractivity contribution < 1.29 is 29.0 Å². The van der Waals surface area contributed by atoms with Gasteiger partial charge in [0.1, 0.15) is 17.6 Å². The van der Waals surface area contributed by atoms with Crippen LogP contribution >= 0.6 is 0 Å². The van der Waals surface area contributed by atoms with Crippen LogP contribution < -0.4 is 21.1 Å². The average Bonchev–Trinajstić information content (AvgIpc) is 3.30. The first-order valence-electron chi connectivity index (χ1n) is 10.5. The SMILES string of the molecule is C[C@@]1(C(=O)N2CCC[C@H]2C(=O)O)Oc2ccc(NC(=O)c3ccc(C(=N)N)cc3)cc2NC1=O. The lowest BCUT2D eigenvalue weighted by molar-refractivity contribution is -0.160. The number of carboxylic acids is 1. The van der Waals surface area contributed by atoms with Crippen molar-refractivity contribution in [2.75, 3.05) is 17.2 Å². The van der Waals surface area contributed by atoms with Crippen molar-refractivity contribution >= 4 is 40.9 Å². The lowest BCUT2D eigenvalue weighted by Crippen LogP contribution is -2.61. The van der Waals surface area contributed by atoms with Gasteiger partial charge in [-0.1, -0.05) is 12.1 Å². The second kappa shape index (κ2) is 8.50. The number of benzene rings is 2. The molecule has 2 aliphatic heterocycles. The number of aliphatic carboxylic acids is 1. The average molecular weight is 465 g/mol. The summed E-state index contributed by atoms with van der Waals surface area (Å²) >= 11 is 0. The number of carbonyl (C=O) groups is 4.